The largest absolute Gasteiger partial charge is 0.370 e. The number of anilines is 1. The van der Waals surface area contributed by atoms with Crippen LogP contribution in [0, 0.1) is 0 Å². The van der Waals surface area contributed by atoms with Crippen molar-refractivity contribution in [1.29, 1.82) is 0 Å². The van der Waals surface area contributed by atoms with Crippen molar-refractivity contribution in [2.24, 2.45) is 0 Å². The highest BCUT2D eigenvalue weighted by atomic mass is 15.1. The van der Waals surface area contributed by atoms with E-state index < -0.39 is 0 Å². The van der Waals surface area contributed by atoms with Gasteiger partial charge in [0.2, 0.25) is 0 Å². The molecule has 0 aliphatic carbocycles. The molecule has 16 heavy (non-hydrogen) atoms. The van der Waals surface area contributed by atoms with Crippen molar-refractivity contribution in [3.63, 3.8) is 0 Å². The van der Waals surface area contributed by atoms with Crippen LogP contribution < -0.4 is 5.32 Å². The van der Waals surface area contributed by atoms with Crippen LogP contribution in [0.2, 0.25) is 0 Å². The van der Waals surface area contributed by atoms with E-state index in [1.807, 2.05) is 6.20 Å². The van der Waals surface area contributed by atoms with Gasteiger partial charge in [0.15, 0.2) is 0 Å². The Bertz CT molecular complexity index is 295. The second-order valence-corrected chi connectivity index (χ2v) is 3.94. The molecule has 1 aromatic rings. The summed E-state index contributed by atoms with van der Waals surface area (Å²) >= 11 is 0. The predicted molar refractivity (Wildman–Crippen MR) is 69.6 cm³/mol. The zero-order valence-corrected chi connectivity index (χ0v) is 10.7. The summed E-state index contributed by atoms with van der Waals surface area (Å²) in [6.45, 7) is 10.7. The van der Waals surface area contributed by atoms with Crippen molar-refractivity contribution < 1.29 is 0 Å². The number of pyridine rings is 1. The van der Waals surface area contributed by atoms with Crippen LogP contribution in [0.5, 0.6) is 0 Å². The molecule has 1 aromatic heterocycles. The first kappa shape index (κ1) is 13.0. The average molecular weight is 221 g/mol. The fourth-order valence-electron chi connectivity index (χ4n) is 1.63. The molecule has 0 radical (unpaired) electrons. The van der Waals surface area contributed by atoms with Crippen molar-refractivity contribution in [3.8, 4) is 0 Å². The van der Waals surface area contributed by atoms with E-state index in [0.29, 0.717) is 0 Å². The molecule has 0 spiro atoms. The molecule has 0 saturated heterocycles. The molecule has 1 N–H and O–H groups in total. The number of hydrogen-bond acceptors (Lipinski definition) is 3. The predicted octanol–water partition coefficient (Wildman–Crippen LogP) is 2.75. The van der Waals surface area contributed by atoms with Crippen LogP contribution in [0.15, 0.2) is 18.3 Å². The molecule has 3 heteroatoms. The molecule has 1 rings (SSSR count). The minimum atomic E-state index is 0.988. The summed E-state index contributed by atoms with van der Waals surface area (Å²) in [7, 11) is 0. The summed E-state index contributed by atoms with van der Waals surface area (Å²) < 4.78 is 0. The van der Waals surface area contributed by atoms with Gasteiger partial charge in [-0.3, -0.25) is 4.90 Å². The minimum Gasteiger partial charge on any atom is -0.370 e. The Kier molecular flexibility index (Phi) is 5.86. The molecule has 0 aromatic carbocycles. The molecule has 0 aliphatic rings. The molecule has 0 bridgehead atoms. The van der Waals surface area contributed by atoms with E-state index in [9.17, 15) is 0 Å². The van der Waals surface area contributed by atoms with E-state index in [1.54, 1.807) is 0 Å². The Morgan fingerprint density at radius 2 is 2.00 bits per heavy atom. The molecule has 0 unspecified atom stereocenters. The molecule has 1 heterocycles. The van der Waals surface area contributed by atoms with Gasteiger partial charge in [-0.05, 0) is 37.2 Å². The van der Waals surface area contributed by atoms with Gasteiger partial charge in [-0.1, -0.05) is 20.8 Å². The molecule has 3 nitrogen and oxygen atoms in total. The fourth-order valence-corrected chi connectivity index (χ4v) is 1.63. The van der Waals surface area contributed by atoms with Gasteiger partial charge in [0.1, 0.15) is 5.82 Å². The minimum absolute atomic E-state index is 0.988. The number of rotatable bonds is 7. The molecule has 0 saturated carbocycles. The third-order valence-corrected chi connectivity index (χ3v) is 2.68. The van der Waals surface area contributed by atoms with E-state index in [-0.39, 0.29) is 0 Å². The van der Waals surface area contributed by atoms with Gasteiger partial charge in [0.25, 0.3) is 0 Å². The van der Waals surface area contributed by atoms with E-state index in [0.717, 1.165) is 38.4 Å². The van der Waals surface area contributed by atoms with Crippen molar-refractivity contribution in [2.75, 3.05) is 25.0 Å². The SMILES string of the molecule is CCCNc1cc(CN(CC)CC)ccn1. The first-order valence-corrected chi connectivity index (χ1v) is 6.21. The molecular weight excluding hydrogens is 198 g/mol. The molecule has 0 amide bonds. The van der Waals surface area contributed by atoms with Crippen molar-refractivity contribution >= 4 is 5.82 Å². The second kappa shape index (κ2) is 7.23. The maximum atomic E-state index is 4.31. The lowest BCUT2D eigenvalue weighted by molar-refractivity contribution is 0.296. The zero-order chi connectivity index (χ0) is 11.8. The lowest BCUT2D eigenvalue weighted by Crippen LogP contribution is -2.22. The molecule has 0 fully saturated rings. The van der Waals surface area contributed by atoms with Crippen LogP contribution in [0.4, 0.5) is 5.82 Å². The second-order valence-electron chi connectivity index (χ2n) is 3.94. The normalized spacial score (nSPS) is 10.8. The van der Waals surface area contributed by atoms with Gasteiger partial charge in [-0.25, -0.2) is 4.98 Å². The van der Waals surface area contributed by atoms with Gasteiger partial charge in [-0.2, -0.15) is 0 Å². The van der Waals surface area contributed by atoms with Crippen LogP contribution in [-0.2, 0) is 6.54 Å². The molecule has 90 valence electrons. The Hall–Kier alpha value is -1.09. The highest BCUT2D eigenvalue weighted by molar-refractivity contribution is 5.37. The quantitative estimate of drug-likeness (QED) is 0.767. The molecule has 0 atom stereocenters. The lowest BCUT2D eigenvalue weighted by Gasteiger charge is -2.18. The third-order valence-electron chi connectivity index (χ3n) is 2.68. The summed E-state index contributed by atoms with van der Waals surface area (Å²) in [6, 6.07) is 4.24. The van der Waals surface area contributed by atoms with Crippen LogP contribution >= 0.6 is 0 Å². The first-order chi connectivity index (χ1) is 7.80. The summed E-state index contributed by atoms with van der Waals surface area (Å²) in [6.07, 6.45) is 3.01. The van der Waals surface area contributed by atoms with Crippen LogP contribution in [0.25, 0.3) is 0 Å². The van der Waals surface area contributed by atoms with E-state index in [2.05, 4.69) is 48.1 Å². The van der Waals surface area contributed by atoms with Crippen molar-refractivity contribution in [2.45, 2.75) is 33.7 Å². The molecular formula is C13H23N3. The van der Waals surface area contributed by atoms with Crippen LogP contribution in [0.3, 0.4) is 0 Å². The summed E-state index contributed by atoms with van der Waals surface area (Å²) in [4.78, 5) is 6.71. The fraction of sp³-hybridized carbons (Fsp3) is 0.615. The first-order valence-electron chi connectivity index (χ1n) is 6.21. The smallest absolute Gasteiger partial charge is 0.126 e. The van der Waals surface area contributed by atoms with Crippen molar-refractivity contribution in [3.05, 3.63) is 23.9 Å². The Morgan fingerprint density at radius 3 is 2.62 bits per heavy atom. The van der Waals surface area contributed by atoms with Crippen molar-refractivity contribution in [1.82, 2.24) is 9.88 Å². The van der Waals surface area contributed by atoms with E-state index in [4.69, 9.17) is 0 Å². The third kappa shape index (κ3) is 4.19. The molecule has 0 aliphatic heterocycles. The topological polar surface area (TPSA) is 28.2 Å². The lowest BCUT2D eigenvalue weighted by atomic mass is 10.2. The number of nitrogens with zero attached hydrogens (tertiary/aromatic N) is 2. The average Bonchev–Trinajstić information content (AvgIpc) is 2.34. The van der Waals surface area contributed by atoms with Gasteiger partial charge in [0.05, 0.1) is 0 Å². The van der Waals surface area contributed by atoms with Crippen LogP contribution in [0.1, 0.15) is 32.8 Å². The highest BCUT2D eigenvalue weighted by Gasteiger charge is 2.02. The maximum Gasteiger partial charge on any atom is 0.126 e. The Labute approximate surface area is 98.9 Å². The number of hydrogen-bond donors (Lipinski definition) is 1. The summed E-state index contributed by atoms with van der Waals surface area (Å²) in [5, 5.41) is 3.31. The summed E-state index contributed by atoms with van der Waals surface area (Å²) in [5.41, 5.74) is 1.33. The Morgan fingerprint density at radius 1 is 1.25 bits per heavy atom. The van der Waals surface area contributed by atoms with Gasteiger partial charge < -0.3 is 5.32 Å². The standard InChI is InChI=1S/C13H23N3/c1-4-8-14-13-10-12(7-9-15-13)11-16(5-2)6-3/h7,9-10H,4-6,8,11H2,1-3H3,(H,14,15). The van der Waals surface area contributed by atoms with E-state index >= 15 is 0 Å². The monoisotopic (exact) mass is 221 g/mol. The Balaban J connectivity index is 2.59. The number of nitrogens with one attached hydrogen (secondary N) is 1. The summed E-state index contributed by atoms with van der Waals surface area (Å²) in [5.74, 6) is 0.992. The maximum absolute atomic E-state index is 4.31. The van der Waals surface area contributed by atoms with E-state index in [1.165, 1.54) is 5.56 Å². The highest BCUT2D eigenvalue weighted by Crippen LogP contribution is 2.09. The van der Waals surface area contributed by atoms with Crippen LogP contribution in [-0.4, -0.2) is 29.5 Å². The zero-order valence-electron chi connectivity index (χ0n) is 10.7. The number of aromatic nitrogens is 1. The van der Waals surface area contributed by atoms with Gasteiger partial charge >= 0.3 is 0 Å². The van der Waals surface area contributed by atoms with Gasteiger partial charge in [0, 0.05) is 19.3 Å². The van der Waals surface area contributed by atoms with Gasteiger partial charge in [-0.15, -0.1) is 0 Å².